The first kappa shape index (κ1) is 23.1. The summed E-state index contributed by atoms with van der Waals surface area (Å²) in [6.45, 7) is 3.14. The number of hydrogen-bond acceptors (Lipinski definition) is 6. The molecule has 2 heterocycles. The summed E-state index contributed by atoms with van der Waals surface area (Å²) in [5, 5.41) is 8.25. The Morgan fingerprint density at radius 1 is 1.03 bits per heavy atom. The van der Waals surface area contributed by atoms with Gasteiger partial charge in [-0.25, -0.2) is 9.77 Å². The lowest BCUT2D eigenvalue weighted by Crippen LogP contribution is -2.16. The first-order valence-corrected chi connectivity index (χ1v) is 11.4. The van der Waals surface area contributed by atoms with E-state index >= 15 is 0 Å². The zero-order chi connectivity index (χ0) is 23.2. The van der Waals surface area contributed by atoms with Crippen LogP contribution < -0.4 is 14.9 Å². The summed E-state index contributed by atoms with van der Waals surface area (Å²) in [7, 11) is 0. The molecule has 2 aromatic heterocycles. The average molecular weight is 502 g/mol. The molecule has 0 atom stereocenters. The number of ether oxygens (including phenoxy) is 2. The van der Waals surface area contributed by atoms with Crippen LogP contribution in [0.1, 0.15) is 18.1 Å². The van der Waals surface area contributed by atoms with Gasteiger partial charge in [0.2, 0.25) is 4.77 Å². The molecule has 0 aliphatic rings. The quantitative estimate of drug-likeness (QED) is 0.272. The van der Waals surface area contributed by atoms with Gasteiger partial charge in [0.15, 0.2) is 17.3 Å². The van der Waals surface area contributed by atoms with Crippen molar-refractivity contribution in [3.8, 4) is 22.9 Å². The Balaban J connectivity index is 1.51. The molecule has 2 N–H and O–H groups in total. The van der Waals surface area contributed by atoms with Crippen LogP contribution in [0.2, 0.25) is 10.0 Å². The Bertz CT molecular complexity index is 1270. The lowest BCUT2D eigenvalue weighted by molar-refractivity contribution is 0.269. The predicted molar refractivity (Wildman–Crippen MR) is 132 cm³/mol. The smallest absolute Gasteiger partial charge is 0.214 e. The van der Waals surface area contributed by atoms with Crippen molar-refractivity contribution in [3.63, 3.8) is 0 Å². The van der Waals surface area contributed by atoms with Gasteiger partial charge < -0.3 is 14.9 Å². The molecule has 0 aliphatic carbocycles. The van der Waals surface area contributed by atoms with Crippen molar-refractivity contribution in [2.45, 2.75) is 20.1 Å². The number of nitrogens with zero attached hydrogens (tertiary/aromatic N) is 3. The fourth-order valence-electron chi connectivity index (χ4n) is 3.18. The number of H-pyrrole nitrogens is 1. The van der Waals surface area contributed by atoms with E-state index in [9.17, 15) is 0 Å². The van der Waals surface area contributed by atoms with Gasteiger partial charge in [-0.2, -0.15) is 5.10 Å². The Morgan fingerprint density at radius 3 is 2.52 bits per heavy atom. The molecule has 0 bridgehead atoms. The maximum absolute atomic E-state index is 6.26. The molecule has 0 spiro atoms. The molecule has 10 heteroatoms. The van der Waals surface area contributed by atoms with Crippen LogP contribution in [0, 0.1) is 4.77 Å². The molecule has 0 fully saturated rings. The van der Waals surface area contributed by atoms with Crippen LogP contribution in [0.3, 0.4) is 0 Å². The third kappa shape index (κ3) is 5.47. The van der Waals surface area contributed by atoms with Crippen LogP contribution in [-0.2, 0) is 13.2 Å². The van der Waals surface area contributed by atoms with Crippen molar-refractivity contribution in [1.29, 1.82) is 0 Å². The molecule has 0 radical (unpaired) electrons. The van der Waals surface area contributed by atoms with Crippen molar-refractivity contribution >= 4 is 35.4 Å². The van der Waals surface area contributed by atoms with Crippen molar-refractivity contribution in [3.05, 3.63) is 86.9 Å². The van der Waals surface area contributed by atoms with Crippen molar-refractivity contribution in [1.82, 2.24) is 19.9 Å². The maximum atomic E-state index is 6.26. The highest BCUT2D eigenvalue weighted by atomic mass is 35.5. The van der Waals surface area contributed by atoms with Gasteiger partial charge in [0.05, 0.1) is 13.2 Å². The van der Waals surface area contributed by atoms with Gasteiger partial charge in [0.25, 0.3) is 0 Å². The summed E-state index contributed by atoms with van der Waals surface area (Å²) in [5.74, 6) is 1.91. The number of aromatic nitrogens is 4. The molecular formula is C23H21Cl2N5O2S. The average Bonchev–Trinajstić information content (AvgIpc) is 3.19. The topological polar surface area (TPSA) is 77.0 Å². The number of nitrogens with one attached hydrogen (secondary N) is 2. The fourth-order valence-corrected chi connectivity index (χ4v) is 3.88. The summed E-state index contributed by atoms with van der Waals surface area (Å²) >= 11 is 17.9. The molecular weight excluding hydrogens is 481 g/mol. The molecule has 4 rings (SSSR count). The van der Waals surface area contributed by atoms with Crippen molar-refractivity contribution < 1.29 is 9.47 Å². The zero-order valence-electron chi connectivity index (χ0n) is 17.7. The number of aromatic amines is 1. The Labute approximate surface area is 206 Å². The largest absolute Gasteiger partial charge is 0.490 e. The van der Waals surface area contributed by atoms with E-state index in [2.05, 4.69) is 20.6 Å². The van der Waals surface area contributed by atoms with E-state index in [0.717, 1.165) is 16.7 Å². The monoisotopic (exact) mass is 501 g/mol. The van der Waals surface area contributed by atoms with Crippen LogP contribution in [0.4, 0.5) is 0 Å². The predicted octanol–water partition coefficient (Wildman–Crippen LogP) is 6.03. The molecule has 0 saturated carbocycles. The minimum Gasteiger partial charge on any atom is -0.490 e. The van der Waals surface area contributed by atoms with Crippen LogP contribution >= 0.6 is 35.4 Å². The van der Waals surface area contributed by atoms with Gasteiger partial charge in [0.1, 0.15) is 6.61 Å². The van der Waals surface area contributed by atoms with E-state index in [-0.39, 0.29) is 6.61 Å². The Kier molecular flexibility index (Phi) is 7.49. The number of benzene rings is 2. The summed E-state index contributed by atoms with van der Waals surface area (Å²) < 4.78 is 14.0. The third-order valence-corrected chi connectivity index (χ3v) is 5.78. The van der Waals surface area contributed by atoms with Crippen molar-refractivity contribution in [2.24, 2.45) is 0 Å². The Morgan fingerprint density at radius 2 is 1.79 bits per heavy atom. The molecule has 0 unspecified atom stereocenters. The number of pyridine rings is 1. The number of rotatable bonds is 9. The molecule has 7 nitrogen and oxygen atoms in total. The lowest BCUT2D eigenvalue weighted by atomic mass is 10.2. The van der Waals surface area contributed by atoms with E-state index in [0.29, 0.717) is 45.3 Å². The molecule has 2 aromatic carbocycles. The molecule has 4 aromatic rings. The minimum atomic E-state index is 0.232. The normalized spacial score (nSPS) is 10.8. The molecule has 0 amide bonds. The summed E-state index contributed by atoms with van der Waals surface area (Å²) in [4.78, 5) is 4.05. The fraction of sp³-hybridized carbons (Fsp3) is 0.174. The SMILES string of the molecule is CCOc1cc(CNn2c(-c3ccncc3)n[nH]c2=S)ccc1OCc1c(Cl)cccc1Cl. The van der Waals surface area contributed by atoms with Gasteiger partial charge in [-0.3, -0.25) is 4.98 Å². The molecule has 33 heavy (non-hydrogen) atoms. The van der Waals surface area contributed by atoms with E-state index < -0.39 is 0 Å². The Hall–Kier alpha value is -3.07. The molecule has 0 saturated heterocycles. The van der Waals surface area contributed by atoms with Gasteiger partial charge in [0, 0.05) is 33.6 Å². The lowest BCUT2D eigenvalue weighted by Gasteiger charge is -2.15. The first-order valence-electron chi connectivity index (χ1n) is 10.2. The van der Waals surface area contributed by atoms with Crippen molar-refractivity contribution in [2.75, 3.05) is 12.0 Å². The number of hydrogen-bond donors (Lipinski definition) is 2. The second-order valence-electron chi connectivity index (χ2n) is 6.96. The second kappa shape index (κ2) is 10.7. The van der Waals surface area contributed by atoms with Gasteiger partial charge >= 0.3 is 0 Å². The standard InChI is InChI=1S/C23H21Cl2N5O2S/c1-2-31-21-12-15(6-7-20(21)32-14-17-18(24)4-3-5-19(17)25)13-27-30-22(28-29-23(30)33)16-8-10-26-11-9-16/h3-12,27H,2,13-14H2,1H3,(H,29,33). The van der Waals surface area contributed by atoms with Gasteiger partial charge in [-0.05, 0) is 61.1 Å². The zero-order valence-corrected chi connectivity index (χ0v) is 20.0. The van der Waals surface area contributed by atoms with E-state index in [1.54, 1.807) is 35.3 Å². The summed E-state index contributed by atoms with van der Waals surface area (Å²) in [6, 6.07) is 14.8. The molecule has 170 valence electrons. The summed E-state index contributed by atoms with van der Waals surface area (Å²) in [6.07, 6.45) is 3.42. The van der Waals surface area contributed by atoms with E-state index in [4.69, 9.17) is 44.9 Å². The summed E-state index contributed by atoms with van der Waals surface area (Å²) in [5.41, 5.74) is 5.90. The van der Waals surface area contributed by atoms with Crippen LogP contribution in [0.15, 0.2) is 60.9 Å². The maximum Gasteiger partial charge on any atom is 0.214 e. The third-order valence-electron chi connectivity index (χ3n) is 4.79. The van der Waals surface area contributed by atoms with Gasteiger partial charge in [-0.1, -0.05) is 35.3 Å². The second-order valence-corrected chi connectivity index (χ2v) is 8.16. The highest BCUT2D eigenvalue weighted by Gasteiger charge is 2.12. The van der Waals surface area contributed by atoms with E-state index in [1.165, 1.54) is 0 Å². The van der Waals surface area contributed by atoms with Crippen LogP contribution in [0.25, 0.3) is 11.4 Å². The molecule has 0 aliphatic heterocycles. The highest BCUT2D eigenvalue weighted by Crippen LogP contribution is 2.32. The minimum absolute atomic E-state index is 0.232. The van der Waals surface area contributed by atoms with Crippen LogP contribution in [0.5, 0.6) is 11.5 Å². The first-order chi connectivity index (χ1) is 16.1. The van der Waals surface area contributed by atoms with Crippen LogP contribution in [-0.4, -0.2) is 26.5 Å². The van der Waals surface area contributed by atoms with Gasteiger partial charge in [-0.15, -0.1) is 0 Å². The number of halogens is 2. The highest BCUT2D eigenvalue weighted by molar-refractivity contribution is 7.71. The van der Waals surface area contributed by atoms with E-state index in [1.807, 2.05) is 37.3 Å².